The first kappa shape index (κ1) is 27.5. The molecule has 2 heterocycles. The number of thioether (sulfide) groups is 1. The smallest absolute Gasteiger partial charge is 0.272 e. The zero-order valence-corrected chi connectivity index (χ0v) is 22.8. The number of fused-ring (bicyclic) bond motifs is 1. The van der Waals surface area contributed by atoms with Gasteiger partial charge in [-0.15, -0.1) is 11.8 Å². The summed E-state index contributed by atoms with van der Waals surface area (Å²) >= 11 is 1.56. The van der Waals surface area contributed by atoms with Crippen LogP contribution in [0.4, 0.5) is 5.69 Å². The van der Waals surface area contributed by atoms with Gasteiger partial charge in [-0.1, -0.05) is 42.5 Å². The van der Waals surface area contributed by atoms with Crippen LogP contribution in [0.3, 0.4) is 0 Å². The van der Waals surface area contributed by atoms with Crippen LogP contribution >= 0.6 is 11.8 Å². The molecule has 3 aromatic carbocycles. The van der Waals surface area contributed by atoms with Gasteiger partial charge in [0.05, 0.1) is 11.1 Å². The standard InChI is InChI=1S/C32H26N4O4S/c37-29(23-10-2-1-3-11-23)35-28(19-22-9-7-16-33-21-22)30(38)34-24-12-6-13-25(20-24)41-18-8-17-36-31(39)26-14-4-5-15-27(26)32(36)40/h1-7,9-16,19-21H,8,17-18H2,(H,34,38)(H,35,37)/b28-19+. The maximum atomic E-state index is 13.3. The van der Waals surface area contributed by atoms with Crippen LogP contribution in [0.15, 0.2) is 114 Å². The topological polar surface area (TPSA) is 108 Å². The van der Waals surface area contributed by atoms with Crippen molar-refractivity contribution in [3.63, 3.8) is 0 Å². The van der Waals surface area contributed by atoms with E-state index in [-0.39, 0.29) is 17.5 Å². The average molecular weight is 563 g/mol. The van der Waals surface area contributed by atoms with E-state index < -0.39 is 11.8 Å². The number of carbonyl (C=O) groups excluding carboxylic acids is 4. The lowest BCUT2D eigenvalue weighted by Gasteiger charge is -2.14. The first-order valence-electron chi connectivity index (χ1n) is 13.0. The molecule has 204 valence electrons. The highest BCUT2D eigenvalue weighted by Gasteiger charge is 2.34. The van der Waals surface area contributed by atoms with Crippen molar-refractivity contribution in [3.8, 4) is 0 Å². The van der Waals surface area contributed by atoms with Crippen molar-refractivity contribution in [2.24, 2.45) is 0 Å². The van der Waals surface area contributed by atoms with Gasteiger partial charge in [-0.3, -0.25) is 29.1 Å². The van der Waals surface area contributed by atoms with Crippen molar-refractivity contribution in [2.45, 2.75) is 11.3 Å². The van der Waals surface area contributed by atoms with E-state index in [0.29, 0.717) is 46.7 Å². The van der Waals surface area contributed by atoms with Crippen LogP contribution in [0.25, 0.3) is 6.08 Å². The molecule has 0 atom stereocenters. The predicted molar refractivity (Wildman–Crippen MR) is 158 cm³/mol. The largest absolute Gasteiger partial charge is 0.321 e. The molecule has 0 spiro atoms. The number of nitrogens with zero attached hydrogens (tertiary/aromatic N) is 2. The lowest BCUT2D eigenvalue weighted by molar-refractivity contribution is -0.113. The van der Waals surface area contributed by atoms with Gasteiger partial charge in [-0.05, 0) is 72.3 Å². The van der Waals surface area contributed by atoms with E-state index in [1.165, 1.54) is 4.90 Å². The first-order valence-corrected chi connectivity index (χ1v) is 14.0. The van der Waals surface area contributed by atoms with Crippen molar-refractivity contribution < 1.29 is 19.2 Å². The number of carbonyl (C=O) groups is 4. The fourth-order valence-electron chi connectivity index (χ4n) is 4.29. The normalized spacial score (nSPS) is 12.7. The molecule has 2 N–H and O–H groups in total. The van der Waals surface area contributed by atoms with Gasteiger partial charge in [0.25, 0.3) is 23.6 Å². The summed E-state index contributed by atoms with van der Waals surface area (Å²) < 4.78 is 0. The molecule has 4 amide bonds. The molecule has 0 radical (unpaired) electrons. The lowest BCUT2D eigenvalue weighted by Crippen LogP contribution is -2.31. The summed E-state index contributed by atoms with van der Waals surface area (Å²) in [6.07, 6.45) is 5.42. The van der Waals surface area contributed by atoms with Crippen molar-refractivity contribution in [1.82, 2.24) is 15.2 Å². The summed E-state index contributed by atoms with van der Waals surface area (Å²) in [5, 5.41) is 5.58. The minimum absolute atomic E-state index is 0.0749. The highest BCUT2D eigenvalue weighted by molar-refractivity contribution is 7.99. The summed E-state index contributed by atoms with van der Waals surface area (Å²) in [7, 11) is 0. The number of pyridine rings is 1. The van der Waals surface area contributed by atoms with E-state index in [1.54, 1.807) is 97.0 Å². The summed E-state index contributed by atoms with van der Waals surface area (Å²) in [4.78, 5) is 57.5. The van der Waals surface area contributed by atoms with E-state index in [9.17, 15) is 19.2 Å². The summed E-state index contributed by atoms with van der Waals surface area (Å²) in [6.45, 7) is 0.333. The summed E-state index contributed by atoms with van der Waals surface area (Å²) in [5.41, 5.74) is 2.62. The second-order valence-electron chi connectivity index (χ2n) is 9.16. The Kier molecular flexibility index (Phi) is 8.66. The molecular formula is C32H26N4O4S. The predicted octanol–water partition coefficient (Wildman–Crippen LogP) is 5.27. The highest BCUT2D eigenvalue weighted by Crippen LogP contribution is 2.25. The molecule has 0 aliphatic carbocycles. The number of anilines is 1. The van der Waals surface area contributed by atoms with Crippen molar-refractivity contribution >= 4 is 47.2 Å². The quantitative estimate of drug-likeness (QED) is 0.118. The molecule has 0 bridgehead atoms. The van der Waals surface area contributed by atoms with Crippen molar-refractivity contribution in [2.75, 3.05) is 17.6 Å². The van der Waals surface area contributed by atoms with Crippen LogP contribution < -0.4 is 10.6 Å². The minimum Gasteiger partial charge on any atom is -0.321 e. The van der Waals surface area contributed by atoms with E-state index in [1.807, 2.05) is 24.3 Å². The minimum atomic E-state index is -0.481. The molecule has 0 fully saturated rings. The molecule has 0 unspecified atom stereocenters. The van der Waals surface area contributed by atoms with Crippen molar-refractivity contribution in [3.05, 3.63) is 131 Å². The molecule has 41 heavy (non-hydrogen) atoms. The van der Waals surface area contributed by atoms with Gasteiger partial charge < -0.3 is 10.6 Å². The molecule has 1 aliphatic rings. The number of rotatable bonds is 10. The zero-order valence-electron chi connectivity index (χ0n) is 21.9. The van der Waals surface area contributed by atoms with Gasteiger partial charge in [0, 0.05) is 35.1 Å². The third-order valence-electron chi connectivity index (χ3n) is 6.29. The number of aromatic nitrogens is 1. The molecule has 0 saturated carbocycles. The monoisotopic (exact) mass is 562 g/mol. The zero-order chi connectivity index (χ0) is 28.6. The Hall–Kier alpha value is -5.02. The Balaban J connectivity index is 1.20. The summed E-state index contributed by atoms with van der Waals surface area (Å²) in [5.74, 6) is -0.724. The van der Waals surface area contributed by atoms with Gasteiger partial charge in [0.15, 0.2) is 0 Å². The van der Waals surface area contributed by atoms with E-state index in [4.69, 9.17) is 0 Å². The second-order valence-corrected chi connectivity index (χ2v) is 10.3. The maximum Gasteiger partial charge on any atom is 0.272 e. The molecule has 1 aromatic heterocycles. The molecule has 4 aromatic rings. The Labute approximate surface area is 241 Å². The van der Waals surface area contributed by atoms with Gasteiger partial charge >= 0.3 is 0 Å². The fourth-order valence-corrected chi connectivity index (χ4v) is 5.18. The lowest BCUT2D eigenvalue weighted by atomic mass is 10.1. The van der Waals surface area contributed by atoms with Gasteiger partial charge in [0.2, 0.25) is 0 Å². The van der Waals surface area contributed by atoms with Crippen LogP contribution in [-0.2, 0) is 4.79 Å². The number of nitrogens with one attached hydrogen (secondary N) is 2. The van der Waals surface area contributed by atoms with Gasteiger partial charge in [0.1, 0.15) is 5.70 Å². The number of hydrogen-bond donors (Lipinski definition) is 2. The van der Waals surface area contributed by atoms with Crippen molar-refractivity contribution in [1.29, 1.82) is 0 Å². The summed E-state index contributed by atoms with van der Waals surface area (Å²) in [6, 6.07) is 26.4. The van der Waals surface area contributed by atoms with Gasteiger partial charge in [-0.2, -0.15) is 0 Å². The first-order chi connectivity index (χ1) is 20.0. The van der Waals surface area contributed by atoms with Crippen LogP contribution in [0.2, 0.25) is 0 Å². The highest BCUT2D eigenvalue weighted by atomic mass is 32.2. The number of hydrogen-bond acceptors (Lipinski definition) is 6. The molecular weight excluding hydrogens is 536 g/mol. The molecule has 1 aliphatic heterocycles. The van der Waals surface area contributed by atoms with E-state index in [2.05, 4.69) is 15.6 Å². The number of benzene rings is 3. The molecule has 8 nitrogen and oxygen atoms in total. The Morgan fingerprint density at radius 3 is 2.29 bits per heavy atom. The fraction of sp³-hybridized carbons (Fsp3) is 0.0938. The Morgan fingerprint density at radius 2 is 1.59 bits per heavy atom. The van der Waals surface area contributed by atoms with Crippen LogP contribution in [0, 0.1) is 0 Å². The Bertz CT molecular complexity index is 1590. The third kappa shape index (κ3) is 6.77. The second kappa shape index (κ2) is 12.9. The van der Waals surface area contributed by atoms with E-state index >= 15 is 0 Å². The molecule has 9 heteroatoms. The number of imide groups is 1. The van der Waals surface area contributed by atoms with Gasteiger partial charge in [-0.25, -0.2) is 0 Å². The Morgan fingerprint density at radius 1 is 0.854 bits per heavy atom. The average Bonchev–Trinajstić information content (AvgIpc) is 3.25. The SMILES string of the molecule is O=C(Nc1cccc(SCCCN2C(=O)c3ccccc3C2=O)c1)/C(=C\c1cccnc1)NC(=O)c1ccccc1. The van der Waals surface area contributed by atoms with Crippen LogP contribution in [0.1, 0.15) is 43.1 Å². The van der Waals surface area contributed by atoms with Crippen LogP contribution in [0.5, 0.6) is 0 Å². The van der Waals surface area contributed by atoms with Crippen LogP contribution in [-0.4, -0.2) is 45.8 Å². The third-order valence-corrected chi connectivity index (χ3v) is 7.37. The number of amides is 4. The molecule has 0 saturated heterocycles. The van der Waals surface area contributed by atoms with E-state index in [0.717, 1.165) is 4.90 Å². The molecule has 5 rings (SSSR count). The maximum absolute atomic E-state index is 13.3.